The van der Waals surface area contributed by atoms with Crippen LogP contribution >= 0.6 is 0 Å². The van der Waals surface area contributed by atoms with Crippen molar-refractivity contribution in [2.45, 2.75) is 45.5 Å². The number of halogens is 3. The van der Waals surface area contributed by atoms with E-state index in [-0.39, 0.29) is 6.04 Å². The Labute approximate surface area is 118 Å². The third-order valence-corrected chi connectivity index (χ3v) is 3.12. The van der Waals surface area contributed by atoms with Gasteiger partial charge in [0.2, 0.25) is 0 Å². The van der Waals surface area contributed by atoms with Crippen LogP contribution in [-0.4, -0.2) is 17.8 Å². The quantitative estimate of drug-likeness (QED) is 0.835. The van der Waals surface area contributed by atoms with Crippen LogP contribution in [0.15, 0.2) is 24.3 Å². The van der Waals surface area contributed by atoms with Gasteiger partial charge in [0, 0.05) is 12.6 Å². The highest BCUT2D eigenvalue weighted by molar-refractivity contribution is 5.27. The lowest BCUT2D eigenvalue weighted by atomic mass is 10.0. The van der Waals surface area contributed by atoms with Gasteiger partial charge in [-0.05, 0) is 37.0 Å². The van der Waals surface area contributed by atoms with E-state index in [1.807, 2.05) is 13.8 Å². The van der Waals surface area contributed by atoms with Crippen molar-refractivity contribution in [3.63, 3.8) is 0 Å². The molecule has 0 fully saturated rings. The third kappa shape index (κ3) is 5.51. The summed E-state index contributed by atoms with van der Waals surface area (Å²) in [4.78, 5) is 0. The molecule has 0 saturated heterocycles. The highest BCUT2D eigenvalue weighted by Crippen LogP contribution is 2.30. The minimum atomic E-state index is -4.33. The average molecular weight is 289 g/mol. The fourth-order valence-corrected chi connectivity index (χ4v) is 2.04. The predicted molar refractivity (Wildman–Crippen MR) is 73.3 cm³/mol. The van der Waals surface area contributed by atoms with Crippen molar-refractivity contribution in [3.8, 4) is 0 Å². The summed E-state index contributed by atoms with van der Waals surface area (Å²) in [6, 6.07) is 5.03. The van der Waals surface area contributed by atoms with Gasteiger partial charge in [-0.3, -0.25) is 0 Å². The Kier molecular flexibility index (Phi) is 6.02. The first-order valence-electron chi connectivity index (χ1n) is 6.78. The number of benzene rings is 1. The van der Waals surface area contributed by atoms with Crippen LogP contribution in [0.3, 0.4) is 0 Å². The molecule has 0 amide bonds. The van der Waals surface area contributed by atoms with Gasteiger partial charge in [0.1, 0.15) is 0 Å². The zero-order valence-electron chi connectivity index (χ0n) is 12.0. The Morgan fingerprint density at radius 3 is 2.40 bits per heavy atom. The first-order chi connectivity index (χ1) is 9.20. The van der Waals surface area contributed by atoms with E-state index in [0.29, 0.717) is 24.4 Å². The molecule has 1 aromatic carbocycles. The van der Waals surface area contributed by atoms with E-state index < -0.39 is 17.8 Å². The van der Waals surface area contributed by atoms with Crippen molar-refractivity contribution in [3.05, 3.63) is 35.4 Å². The molecule has 0 spiro atoms. The van der Waals surface area contributed by atoms with E-state index in [1.165, 1.54) is 6.07 Å². The minimum absolute atomic E-state index is 0.237. The van der Waals surface area contributed by atoms with Crippen LogP contribution in [-0.2, 0) is 6.18 Å². The molecule has 0 aliphatic carbocycles. The molecule has 0 aliphatic rings. The summed E-state index contributed by atoms with van der Waals surface area (Å²) in [6.45, 7) is 6.19. The summed E-state index contributed by atoms with van der Waals surface area (Å²) in [5, 5.41) is 12.8. The van der Waals surface area contributed by atoms with E-state index in [2.05, 4.69) is 5.32 Å². The molecule has 0 bridgehead atoms. The SMILES string of the molecule is CC(C)CC(O)CNC(C)c1cccc(C(F)(F)F)c1. The monoisotopic (exact) mass is 289 g/mol. The van der Waals surface area contributed by atoms with Gasteiger partial charge in [-0.25, -0.2) is 0 Å². The number of hydrogen-bond donors (Lipinski definition) is 2. The van der Waals surface area contributed by atoms with Crippen LogP contribution in [0, 0.1) is 5.92 Å². The number of alkyl halides is 3. The zero-order valence-corrected chi connectivity index (χ0v) is 12.0. The summed E-state index contributed by atoms with van der Waals surface area (Å²) in [7, 11) is 0. The number of aliphatic hydroxyl groups is 1. The Hall–Kier alpha value is -1.07. The Bertz CT molecular complexity index is 418. The molecular weight excluding hydrogens is 267 g/mol. The van der Waals surface area contributed by atoms with Gasteiger partial charge in [-0.15, -0.1) is 0 Å². The molecule has 1 aromatic rings. The highest BCUT2D eigenvalue weighted by Gasteiger charge is 2.30. The molecule has 114 valence electrons. The van der Waals surface area contributed by atoms with Crippen molar-refractivity contribution in [2.75, 3.05) is 6.54 Å². The Morgan fingerprint density at radius 1 is 1.20 bits per heavy atom. The lowest BCUT2D eigenvalue weighted by Crippen LogP contribution is -2.30. The first-order valence-corrected chi connectivity index (χ1v) is 6.78. The summed E-state index contributed by atoms with van der Waals surface area (Å²) in [6.07, 6.45) is -4.14. The van der Waals surface area contributed by atoms with Crippen LogP contribution in [0.5, 0.6) is 0 Å². The van der Waals surface area contributed by atoms with Crippen molar-refractivity contribution in [1.29, 1.82) is 0 Å². The molecule has 0 aromatic heterocycles. The average Bonchev–Trinajstić information content (AvgIpc) is 2.34. The smallest absolute Gasteiger partial charge is 0.392 e. The number of hydrogen-bond acceptors (Lipinski definition) is 2. The molecule has 2 nitrogen and oxygen atoms in total. The van der Waals surface area contributed by atoms with Gasteiger partial charge in [-0.2, -0.15) is 13.2 Å². The van der Waals surface area contributed by atoms with E-state index in [1.54, 1.807) is 13.0 Å². The third-order valence-electron chi connectivity index (χ3n) is 3.12. The molecule has 0 saturated carbocycles. The Morgan fingerprint density at radius 2 is 1.85 bits per heavy atom. The largest absolute Gasteiger partial charge is 0.416 e. The van der Waals surface area contributed by atoms with E-state index >= 15 is 0 Å². The molecule has 0 radical (unpaired) electrons. The van der Waals surface area contributed by atoms with Crippen LogP contribution in [0.4, 0.5) is 13.2 Å². The van der Waals surface area contributed by atoms with Crippen LogP contribution in [0.1, 0.15) is 44.4 Å². The summed E-state index contributed by atoms with van der Waals surface area (Å²) in [5.74, 6) is 0.385. The molecule has 5 heteroatoms. The number of aliphatic hydroxyl groups excluding tert-OH is 1. The van der Waals surface area contributed by atoms with E-state index in [9.17, 15) is 18.3 Å². The lowest BCUT2D eigenvalue weighted by Gasteiger charge is -2.19. The number of rotatable bonds is 6. The maximum absolute atomic E-state index is 12.6. The van der Waals surface area contributed by atoms with Crippen molar-refractivity contribution >= 4 is 0 Å². The standard InChI is InChI=1S/C15H22F3NO/c1-10(2)7-14(20)9-19-11(3)12-5-4-6-13(8-12)15(16,17)18/h4-6,8,10-11,14,19-20H,7,9H2,1-3H3. The van der Waals surface area contributed by atoms with E-state index in [4.69, 9.17) is 0 Å². The summed E-state index contributed by atoms with van der Waals surface area (Å²) >= 11 is 0. The molecule has 20 heavy (non-hydrogen) atoms. The molecule has 0 aliphatic heterocycles. The first kappa shape index (κ1) is 17.0. The van der Waals surface area contributed by atoms with Gasteiger partial charge < -0.3 is 10.4 Å². The highest BCUT2D eigenvalue weighted by atomic mass is 19.4. The minimum Gasteiger partial charge on any atom is -0.392 e. The molecule has 0 heterocycles. The molecule has 2 unspecified atom stereocenters. The normalized spacial score (nSPS) is 15.4. The van der Waals surface area contributed by atoms with Crippen molar-refractivity contribution < 1.29 is 18.3 Å². The summed E-state index contributed by atoms with van der Waals surface area (Å²) in [5.41, 5.74) is -0.0806. The fourth-order valence-electron chi connectivity index (χ4n) is 2.04. The molecule has 2 atom stereocenters. The van der Waals surface area contributed by atoms with Gasteiger partial charge in [0.15, 0.2) is 0 Å². The van der Waals surface area contributed by atoms with Crippen LogP contribution in [0.2, 0.25) is 0 Å². The lowest BCUT2D eigenvalue weighted by molar-refractivity contribution is -0.137. The van der Waals surface area contributed by atoms with Gasteiger partial charge >= 0.3 is 6.18 Å². The Balaban J connectivity index is 2.62. The zero-order chi connectivity index (χ0) is 15.3. The number of nitrogens with one attached hydrogen (secondary N) is 1. The molecule has 1 rings (SSSR count). The second-order valence-corrected chi connectivity index (χ2v) is 5.54. The van der Waals surface area contributed by atoms with Gasteiger partial charge in [-0.1, -0.05) is 26.0 Å². The van der Waals surface area contributed by atoms with Crippen molar-refractivity contribution in [1.82, 2.24) is 5.32 Å². The topological polar surface area (TPSA) is 32.3 Å². The molecular formula is C15H22F3NO. The molecule has 2 N–H and O–H groups in total. The second-order valence-electron chi connectivity index (χ2n) is 5.54. The second kappa shape index (κ2) is 7.09. The maximum atomic E-state index is 12.6. The van der Waals surface area contributed by atoms with Gasteiger partial charge in [0.25, 0.3) is 0 Å². The fraction of sp³-hybridized carbons (Fsp3) is 0.600. The van der Waals surface area contributed by atoms with E-state index in [0.717, 1.165) is 12.1 Å². The maximum Gasteiger partial charge on any atom is 0.416 e. The van der Waals surface area contributed by atoms with Crippen LogP contribution < -0.4 is 5.32 Å². The predicted octanol–water partition coefficient (Wildman–Crippen LogP) is 3.76. The van der Waals surface area contributed by atoms with Crippen LogP contribution in [0.25, 0.3) is 0 Å². The van der Waals surface area contributed by atoms with Gasteiger partial charge in [0.05, 0.1) is 11.7 Å². The van der Waals surface area contributed by atoms with Crippen molar-refractivity contribution in [2.24, 2.45) is 5.92 Å². The summed E-state index contributed by atoms with van der Waals surface area (Å²) < 4.78 is 37.9.